The summed E-state index contributed by atoms with van der Waals surface area (Å²) >= 11 is 0. The minimum absolute atomic E-state index is 0.0196. The van der Waals surface area contributed by atoms with E-state index < -0.39 is 0 Å². The largest absolute Gasteiger partial charge is 0.353 e. The van der Waals surface area contributed by atoms with Gasteiger partial charge in [0.25, 0.3) is 0 Å². The van der Waals surface area contributed by atoms with Gasteiger partial charge in [-0.2, -0.15) is 0 Å². The van der Waals surface area contributed by atoms with Crippen LogP contribution >= 0.6 is 0 Å². The first-order valence-electron chi connectivity index (χ1n) is 6.69. The maximum Gasteiger partial charge on any atom is 0.242 e. The molecule has 1 aliphatic heterocycles. The molecule has 17 heavy (non-hydrogen) atoms. The summed E-state index contributed by atoms with van der Waals surface area (Å²) in [6.45, 7) is 5.17. The first kappa shape index (κ1) is 12.4. The van der Waals surface area contributed by atoms with Crippen LogP contribution in [0.4, 0.5) is 0 Å². The highest BCUT2D eigenvalue weighted by molar-refractivity contribution is 5.91. The third kappa shape index (κ3) is 2.05. The standard InChI is InChI=1S/C13H22N2O2/c1-3-13(6-4-5-7-13)12(17)15-9-8-14-11(16)10(15)2/h10H,3-9H2,1-2H3,(H,14,16). The van der Waals surface area contributed by atoms with Crippen molar-refractivity contribution in [3.63, 3.8) is 0 Å². The quantitative estimate of drug-likeness (QED) is 0.788. The molecule has 4 heteroatoms. The van der Waals surface area contributed by atoms with Crippen LogP contribution in [0.5, 0.6) is 0 Å². The van der Waals surface area contributed by atoms with Crippen LogP contribution in [0, 0.1) is 5.41 Å². The van der Waals surface area contributed by atoms with E-state index in [9.17, 15) is 9.59 Å². The third-order valence-corrected chi connectivity index (χ3v) is 4.45. The molecule has 0 aromatic rings. The van der Waals surface area contributed by atoms with Gasteiger partial charge in [-0.05, 0) is 26.2 Å². The van der Waals surface area contributed by atoms with Crippen LogP contribution in [0.1, 0.15) is 46.0 Å². The van der Waals surface area contributed by atoms with Gasteiger partial charge in [-0.1, -0.05) is 19.8 Å². The lowest BCUT2D eigenvalue weighted by atomic mass is 9.81. The highest BCUT2D eigenvalue weighted by Crippen LogP contribution is 2.42. The summed E-state index contributed by atoms with van der Waals surface area (Å²) in [4.78, 5) is 26.1. The fourth-order valence-electron chi connectivity index (χ4n) is 3.13. The molecule has 0 aromatic heterocycles. The SMILES string of the molecule is CCC1(C(=O)N2CCNC(=O)C2C)CCCC1. The lowest BCUT2D eigenvalue weighted by Gasteiger charge is -2.39. The second-order valence-corrected chi connectivity index (χ2v) is 5.31. The Morgan fingerprint density at radius 1 is 1.47 bits per heavy atom. The van der Waals surface area contributed by atoms with Gasteiger partial charge >= 0.3 is 0 Å². The van der Waals surface area contributed by atoms with Crippen molar-refractivity contribution in [2.45, 2.75) is 52.0 Å². The first-order chi connectivity index (χ1) is 8.10. The van der Waals surface area contributed by atoms with Crippen molar-refractivity contribution in [3.8, 4) is 0 Å². The van der Waals surface area contributed by atoms with Crippen molar-refractivity contribution in [1.82, 2.24) is 10.2 Å². The predicted octanol–water partition coefficient (Wildman–Crippen LogP) is 1.30. The number of hydrogen-bond donors (Lipinski definition) is 1. The zero-order valence-corrected chi connectivity index (χ0v) is 10.8. The van der Waals surface area contributed by atoms with Gasteiger partial charge in [-0.15, -0.1) is 0 Å². The summed E-state index contributed by atoms with van der Waals surface area (Å²) in [7, 11) is 0. The summed E-state index contributed by atoms with van der Waals surface area (Å²) in [5.41, 5.74) is -0.175. The maximum atomic E-state index is 12.7. The van der Waals surface area contributed by atoms with E-state index in [-0.39, 0.29) is 23.3 Å². The Bertz CT molecular complexity index is 321. The fraction of sp³-hybridized carbons (Fsp3) is 0.846. The van der Waals surface area contributed by atoms with Crippen LogP contribution < -0.4 is 5.32 Å². The van der Waals surface area contributed by atoms with Gasteiger partial charge < -0.3 is 10.2 Å². The van der Waals surface area contributed by atoms with Crippen molar-refractivity contribution in [3.05, 3.63) is 0 Å². The van der Waals surface area contributed by atoms with E-state index in [2.05, 4.69) is 12.2 Å². The van der Waals surface area contributed by atoms with Gasteiger partial charge in [0.05, 0.1) is 0 Å². The van der Waals surface area contributed by atoms with E-state index in [0.29, 0.717) is 13.1 Å². The fourth-order valence-corrected chi connectivity index (χ4v) is 3.13. The van der Waals surface area contributed by atoms with Crippen LogP contribution in [-0.4, -0.2) is 35.8 Å². The third-order valence-electron chi connectivity index (χ3n) is 4.45. The molecular formula is C13H22N2O2. The summed E-state index contributed by atoms with van der Waals surface area (Å²) in [6.07, 6.45) is 5.18. The van der Waals surface area contributed by atoms with Crippen LogP contribution in [-0.2, 0) is 9.59 Å². The molecule has 1 saturated carbocycles. The average molecular weight is 238 g/mol. The lowest BCUT2D eigenvalue weighted by Crippen LogP contribution is -2.58. The molecule has 2 fully saturated rings. The summed E-state index contributed by atoms with van der Waals surface area (Å²) in [6, 6.07) is -0.305. The van der Waals surface area contributed by atoms with Gasteiger partial charge in [-0.25, -0.2) is 0 Å². The van der Waals surface area contributed by atoms with Gasteiger partial charge in [0.2, 0.25) is 11.8 Å². The number of piperazine rings is 1. The average Bonchev–Trinajstić information content (AvgIpc) is 2.82. The number of nitrogens with one attached hydrogen (secondary N) is 1. The van der Waals surface area contributed by atoms with Gasteiger partial charge in [0.1, 0.15) is 6.04 Å². The van der Waals surface area contributed by atoms with Crippen LogP contribution in [0.25, 0.3) is 0 Å². The number of rotatable bonds is 2. The number of carbonyl (C=O) groups is 2. The Balaban J connectivity index is 2.15. The molecule has 1 heterocycles. The highest BCUT2D eigenvalue weighted by Gasteiger charge is 2.44. The minimum atomic E-state index is -0.305. The summed E-state index contributed by atoms with van der Waals surface area (Å²) < 4.78 is 0. The Kier molecular flexibility index (Phi) is 3.40. The van der Waals surface area contributed by atoms with Crippen molar-refractivity contribution in [2.75, 3.05) is 13.1 Å². The maximum absolute atomic E-state index is 12.7. The van der Waals surface area contributed by atoms with E-state index in [4.69, 9.17) is 0 Å². The van der Waals surface area contributed by atoms with E-state index >= 15 is 0 Å². The van der Waals surface area contributed by atoms with Crippen LogP contribution in [0.2, 0.25) is 0 Å². The van der Waals surface area contributed by atoms with Crippen LogP contribution in [0.3, 0.4) is 0 Å². The zero-order chi connectivity index (χ0) is 12.5. The molecule has 2 aliphatic rings. The van der Waals surface area contributed by atoms with Crippen molar-refractivity contribution in [2.24, 2.45) is 5.41 Å². The summed E-state index contributed by atoms with van der Waals surface area (Å²) in [5, 5.41) is 2.80. The lowest BCUT2D eigenvalue weighted by molar-refractivity contribution is -0.150. The molecule has 2 rings (SSSR count). The summed E-state index contributed by atoms with van der Waals surface area (Å²) in [5.74, 6) is 0.189. The van der Waals surface area contributed by atoms with E-state index in [1.54, 1.807) is 4.90 Å². The molecule has 0 aromatic carbocycles. The molecule has 0 radical (unpaired) electrons. The molecule has 2 amide bonds. The molecule has 1 atom stereocenters. The number of carbonyl (C=O) groups excluding carboxylic acids is 2. The zero-order valence-electron chi connectivity index (χ0n) is 10.8. The molecule has 0 bridgehead atoms. The molecule has 0 spiro atoms. The van der Waals surface area contributed by atoms with Gasteiger partial charge in [0.15, 0.2) is 0 Å². The molecule has 1 saturated heterocycles. The number of nitrogens with zero attached hydrogens (tertiary/aromatic N) is 1. The highest BCUT2D eigenvalue weighted by atomic mass is 16.2. The molecule has 4 nitrogen and oxygen atoms in total. The Labute approximate surface area is 103 Å². The van der Waals surface area contributed by atoms with Crippen molar-refractivity contribution < 1.29 is 9.59 Å². The van der Waals surface area contributed by atoms with Gasteiger partial charge in [0, 0.05) is 18.5 Å². The molecule has 1 aliphatic carbocycles. The van der Waals surface area contributed by atoms with Crippen molar-refractivity contribution in [1.29, 1.82) is 0 Å². The Hall–Kier alpha value is -1.06. The Morgan fingerprint density at radius 3 is 2.71 bits per heavy atom. The molecular weight excluding hydrogens is 216 g/mol. The van der Waals surface area contributed by atoms with Crippen molar-refractivity contribution >= 4 is 11.8 Å². The van der Waals surface area contributed by atoms with E-state index in [0.717, 1.165) is 32.1 Å². The smallest absolute Gasteiger partial charge is 0.242 e. The predicted molar refractivity (Wildman–Crippen MR) is 65.4 cm³/mol. The molecule has 96 valence electrons. The first-order valence-corrected chi connectivity index (χ1v) is 6.69. The Morgan fingerprint density at radius 2 is 2.12 bits per heavy atom. The monoisotopic (exact) mass is 238 g/mol. The number of hydrogen-bond acceptors (Lipinski definition) is 2. The minimum Gasteiger partial charge on any atom is -0.353 e. The molecule has 1 N–H and O–H groups in total. The number of amides is 2. The topological polar surface area (TPSA) is 49.4 Å². The molecule has 1 unspecified atom stereocenters. The van der Waals surface area contributed by atoms with Gasteiger partial charge in [-0.3, -0.25) is 9.59 Å². The van der Waals surface area contributed by atoms with Crippen LogP contribution in [0.15, 0.2) is 0 Å². The normalized spacial score (nSPS) is 28.0. The second kappa shape index (κ2) is 4.67. The van der Waals surface area contributed by atoms with E-state index in [1.807, 2.05) is 6.92 Å². The second-order valence-electron chi connectivity index (χ2n) is 5.31. The van der Waals surface area contributed by atoms with E-state index in [1.165, 1.54) is 0 Å².